The van der Waals surface area contributed by atoms with Crippen LogP contribution in [0.25, 0.3) is 22.6 Å². The van der Waals surface area contributed by atoms with Gasteiger partial charge in [0, 0.05) is 47.8 Å². The molecule has 198 valence electrons. The molecule has 0 fully saturated rings. The van der Waals surface area contributed by atoms with E-state index in [1.807, 2.05) is 25.1 Å². The molecule has 0 atom stereocenters. The van der Waals surface area contributed by atoms with Crippen LogP contribution in [0.1, 0.15) is 11.3 Å². The number of ether oxygens (including phenoxy) is 1. The Kier molecular flexibility index (Phi) is 6.32. The average Bonchev–Trinajstić information content (AvgIpc) is 3.58. The van der Waals surface area contributed by atoms with E-state index in [0.717, 1.165) is 11.3 Å². The Morgan fingerprint density at radius 2 is 1.90 bits per heavy atom. The molecule has 0 unspecified atom stereocenters. The fourth-order valence-corrected chi connectivity index (χ4v) is 4.10. The summed E-state index contributed by atoms with van der Waals surface area (Å²) in [5.74, 6) is -0.205. The maximum absolute atomic E-state index is 14.5. The molecule has 0 aliphatic carbocycles. The Morgan fingerprint density at radius 1 is 1.02 bits per heavy atom. The largest absolute Gasteiger partial charge is 0.439 e. The summed E-state index contributed by atoms with van der Waals surface area (Å²) in [6.45, 7) is 1.92. The molecule has 12 heteroatoms. The third-order valence-electron chi connectivity index (χ3n) is 6.18. The van der Waals surface area contributed by atoms with Gasteiger partial charge in [-0.15, -0.1) is 10.2 Å². The molecule has 0 aliphatic rings. The van der Waals surface area contributed by atoms with Gasteiger partial charge >= 0.3 is 0 Å². The van der Waals surface area contributed by atoms with Crippen LogP contribution >= 0.6 is 0 Å². The van der Waals surface area contributed by atoms with Crippen molar-refractivity contribution in [2.75, 3.05) is 10.6 Å². The monoisotopic (exact) mass is 535 g/mol. The summed E-state index contributed by atoms with van der Waals surface area (Å²) < 4.78 is 23.9. The van der Waals surface area contributed by atoms with Gasteiger partial charge in [-0.25, -0.2) is 19.3 Å². The lowest BCUT2D eigenvalue weighted by molar-refractivity contribution is -0.114. The van der Waals surface area contributed by atoms with Crippen molar-refractivity contribution in [2.24, 2.45) is 7.05 Å². The van der Waals surface area contributed by atoms with Crippen LogP contribution in [-0.2, 0) is 11.8 Å². The minimum absolute atomic E-state index is 0.399. The number of nitrogens with zero attached hydrogens (tertiary/aromatic N) is 7. The molecule has 6 rings (SSSR count). The van der Waals surface area contributed by atoms with Crippen LogP contribution in [-0.4, -0.2) is 40.0 Å². The molecule has 6 aromatic rings. The summed E-state index contributed by atoms with van der Waals surface area (Å²) in [5.41, 5.74) is 3.88. The molecule has 0 spiro atoms. The molecule has 1 amide bonds. The van der Waals surface area contributed by atoms with Crippen molar-refractivity contribution in [3.8, 4) is 11.6 Å². The first kappa shape index (κ1) is 24.7. The number of aromatic nitrogens is 7. The zero-order valence-corrected chi connectivity index (χ0v) is 21.4. The second kappa shape index (κ2) is 10.3. The van der Waals surface area contributed by atoms with Crippen molar-refractivity contribution in [1.29, 1.82) is 0 Å². The van der Waals surface area contributed by atoms with E-state index in [1.165, 1.54) is 12.4 Å². The van der Waals surface area contributed by atoms with Crippen LogP contribution in [0.3, 0.4) is 0 Å². The number of anilines is 3. The number of amides is 1. The third-order valence-corrected chi connectivity index (χ3v) is 6.18. The van der Waals surface area contributed by atoms with E-state index in [9.17, 15) is 9.18 Å². The second-order valence-electron chi connectivity index (χ2n) is 8.98. The van der Waals surface area contributed by atoms with Crippen LogP contribution in [0.15, 0.2) is 85.6 Å². The van der Waals surface area contributed by atoms with Crippen LogP contribution in [0.2, 0.25) is 0 Å². The normalized spacial score (nSPS) is 11.6. The van der Waals surface area contributed by atoms with Gasteiger partial charge in [-0.05, 0) is 61.0 Å². The highest BCUT2D eigenvalue weighted by Crippen LogP contribution is 2.30. The fourth-order valence-electron chi connectivity index (χ4n) is 4.10. The Morgan fingerprint density at radius 3 is 2.73 bits per heavy atom. The van der Waals surface area contributed by atoms with Gasteiger partial charge < -0.3 is 19.9 Å². The molecule has 0 bridgehead atoms. The van der Waals surface area contributed by atoms with Gasteiger partial charge in [-0.1, -0.05) is 0 Å². The van der Waals surface area contributed by atoms with Crippen molar-refractivity contribution in [1.82, 2.24) is 34.1 Å². The molecule has 4 heterocycles. The molecule has 4 aromatic heterocycles. The van der Waals surface area contributed by atoms with Crippen LogP contribution in [0, 0.1) is 6.92 Å². The van der Waals surface area contributed by atoms with E-state index in [2.05, 4.69) is 35.8 Å². The summed E-state index contributed by atoms with van der Waals surface area (Å²) >= 11 is 0. The molecule has 40 heavy (non-hydrogen) atoms. The highest BCUT2D eigenvalue weighted by Gasteiger charge is 2.13. The van der Waals surface area contributed by atoms with Gasteiger partial charge in [0.05, 0.1) is 5.52 Å². The Balaban J connectivity index is 1.21. The number of hydrogen-bond donors (Lipinski definition) is 2. The van der Waals surface area contributed by atoms with E-state index in [0.29, 0.717) is 45.4 Å². The Bertz CT molecular complexity index is 1910. The first-order chi connectivity index (χ1) is 19.4. The SMILES string of the molecule is Cc1cc(Nc2ncnc3ccc(NC(=O)/C(F)=C/c4cccn4C)cc23)ccc1Oc1cc2nncn2cn1. The molecule has 2 aromatic carbocycles. The van der Waals surface area contributed by atoms with Gasteiger partial charge in [-0.3, -0.25) is 9.20 Å². The van der Waals surface area contributed by atoms with E-state index >= 15 is 0 Å². The minimum atomic E-state index is -0.904. The molecular weight excluding hydrogens is 513 g/mol. The number of benzene rings is 2. The van der Waals surface area contributed by atoms with E-state index < -0.39 is 11.7 Å². The lowest BCUT2D eigenvalue weighted by atomic mass is 10.1. The number of carbonyl (C=O) groups excluding carboxylic acids is 1. The maximum atomic E-state index is 14.5. The summed E-state index contributed by atoms with van der Waals surface area (Å²) in [4.78, 5) is 25.4. The zero-order valence-electron chi connectivity index (χ0n) is 21.4. The molecule has 11 nitrogen and oxygen atoms in total. The van der Waals surface area contributed by atoms with Crippen molar-refractivity contribution >= 4 is 45.7 Å². The summed E-state index contributed by atoms with van der Waals surface area (Å²) in [6, 6.07) is 15.9. The predicted molar refractivity (Wildman–Crippen MR) is 148 cm³/mol. The van der Waals surface area contributed by atoms with Gasteiger partial charge in [0.15, 0.2) is 11.5 Å². The minimum Gasteiger partial charge on any atom is -0.439 e. The predicted octanol–water partition coefficient (Wildman–Crippen LogP) is 5.20. The standard InChI is InChI=1S/C28H22FN9O2/c1-17-10-18(6-8-24(17)40-26-13-25-36-33-16-38(25)15-32-26)34-27-21-11-19(5-7-23(21)30-14-31-27)35-28(39)22(29)12-20-4-3-9-37(20)2/h3-16H,1-2H3,(H,35,39)(H,30,31,34)/b22-12-. The first-order valence-electron chi connectivity index (χ1n) is 12.2. The molecule has 0 aliphatic heterocycles. The number of hydrogen-bond acceptors (Lipinski definition) is 8. The quantitative estimate of drug-likeness (QED) is 0.267. The lowest BCUT2D eigenvalue weighted by Gasteiger charge is -2.13. The van der Waals surface area contributed by atoms with Gasteiger partial charge in [0.2, 0.25) is 5.88 Å². The second-order valence-corrected chi connectivity index (χ2v) is 8.98. The number of halogens is 1. The first-order valence-corrected chi connectivity index (χ1v) is 12.2. The zero-order chi connectivity index (χ0) is 27.6. The van der Waals surface area contributed by atoms with Gasteiger partial charge in [-0.2, -0.15) is 0 Å². The summed E-state index contributed by atoms with van der Waals surface area (Å²) in [7, 11) is 1.77. The Hall–Kier alpha value is -5.65. The smallest absolute Gasteiger partial charge is 0.284 e. The lowest BCUT2D eigenvalue weighted by Crippen LogP contribution is -2.12. The van der Waals surface area contributed by atoms with Crippen molar-refractivity contribution in [2.45, 2.75) is 6.92 Å². The fraction of sp³-hybridized carbons (Fsp3) is 0.0714. The number of carbonyl (C=O) groups is 1. The molecular formula is C28H22FN9O2. The maximum Gasteiger partial charge on any atom is 0.284 e. The van der Waals surface area contributed by atoms with Gasteiger partial charge in [0.1, 0.15) is 30.5 Å². The van der Waals surface area contributed by atoms with Crippen LogP contribution in [0.5, 0.6) is 11.6 Å². The summed E-state index contributed by atoms with van der Waals surface area (Å²) in [6.07, 6.45) is 7.55. The topological polar surface area (TPSA) is 124 Å². The van der Waals surface area contributed by atoms with Crippen LogP contribution in [0.4, 0.5) is 21.6 Å². The highest BCUT2D eigenvalue weighted by molar-refractivity contribution is 6.06. The van der Waals surface area contributed by atoms with E-state index in [-0.39, 0.29) is 0 Å². The summed E-state index contributed by atoms with van der Waals surface area (Å²) in [5, 5.41) is 14.4. The molecule has 2 N–H and O–H groups in total. The van der Waals surface area contributed by atoms with E-state index in [4.69, 9.17) is 4.74 Å². The molecule has 0 radical (unpaired) electrons. The highest BCUT2D eigenvalue weighted by atomic mass is 19.1. The third kappa shape index (κ3) is 5.05. The van der Waals surface area contributed by atoms with Crippen molar-refractivity contribution in [3.05, 3.63) is 96.9 Å². The number of rotatable bonds is 7. The van der Waals surface area contributed by atoms with Crippen molar-refractivity contribution in [3.63, 3.8) is 0 Å². The van der Waals surface area contributed by atoms with Gasteiger partial charge in [0.25, 0.3) is 5.91 Å². The molecule has 0 saturated heterocycles. The van der Waals surface area contributed by atoms with E-state index in [1.54, 1.807) is 71.3 Å². The Labute approximate surface area is 227 Å². The number of nitrogens with one attached hydrogen (secondary N) is 2. The van der Waals surface area contributed by atoms with Crippen molar-refractivity contribution < 1.29 is 13.9 Å². The average molecular weight is 536 g/mol. The molecule has 0 saturated carbocycles. The van der Waals surface area contributed by atoms with Crippen LogP contribution < -0.4 is 15.4 Å². The number of aryl methyl sites for hydroxylation is 2. The number of fused-ring (bicyclic) bond motifs is 2.